The summed E-state index contributed by atoms with van der Waals surface area (Å²) < 4.78 is 8.45. The first-order chi connectivity index (χ1) is 9.22. The predicted molar refractivity (Wildman–Crippen MR) is 77.2 cm³/mol. The maximum Gasteiger partial charge on any atom is 0.150 e. The normalized spacial score (nSPS) is 20.1. The van der Waals surface area contributed by atoms with Gasteiger partial charge in [0.2, 0.25) is 0 Å². The van der Waals surface area contributed by atoms with Crippen LogP contribution in [0.25, 0.3) is 10.9 Å². The van der Waals surface area contributed by atoms with Crippen molar-refractivity contribution in [2.45, 2.75) is 32.1 Å². The van der Waals surface area contributed by atoms with E-state index in [0.717, 1.165) is 41.2 Å². The van der Waals surface area contributed by atoms with Crippen LogP contribution in [0.2, 0.25) is 5.02 Å². The number of fused-ring (bicyclic) bond motifs is 1. The number of ether oxygens (including phenoxy) is 1. The first kappa shape index (κ1) is 13.4. The van der Waals surface area contributed by atoms with Crippen LogP contribution in [0.15, 0.2) is 16.7 Å². The molecule has 1 aromatic heterocycles. The largest absolute Gasteiger partial charge is 0.392 e. The quantitative estimate of drug-likeness (QED) is 0.904. The Morgan fingerprint density at radius 3 is 3.05 bits per heavy atom. The summed E-state index contributed by atoms with van der Waals surface area (Å²) in [5, 5.41) is 15.3. The summed E-state index contributed by atoms with van der Waals surface area (Å²) in [6.45, 7) is 0.677. The molecule has 3 rings (SSSR count). The van der Waals surface area contributed by atoms with Gasteiger partial charge in [-0.25, -0.2) is 4.68 Å². The van der Waals surface area contributed by atoms with Gasteiger partial charge in [-0.1, -0.05) is 11.6 Å². The molecule has 0 spiro atoms. The van der Waals surface area contributed by atoms with Gasteiger partial charge in [0.05, 0.1) is 18.3 Å². The second kappa shape index (κ2) is 5.40. The highest BCUT2D eigenvalue weighted by Gasteiger charge is 2.21. The number of benzene rings is 1. The van der Waals surface area contributed by atoms with Gasteiger partial charge in [-0.05, 0) is 41.3 Å². The maximum atomic E-state index is 9.35. The molecular formula is C13H14BrClN2O2. The fourth-order valence-electron chi connectivity index (χ4n) is 2.45. The summed E-state index contributed by atoms with van der Waals surface area (Å²) in [6, 6.07) is 1.85. The van der Waals surface area contributed by atoms with Crippen molar-refractivity contribution in [1.82, 2.24) is 9.78 Å². The molecule has 1 N–H and O–H groups in total. The zero-order valence-corrected chi connectivity index (χ0v) is 12.6. The van der Waals surface area contributed by atoms with E-state index in [0.29, 0.717) is 10.6 Å². The Bertz CT molecular complexity index is 608. The number of nitrogens with zero attached hydrogens (tertiary/aromatic N) is 2. The van der Waals surface area contributed by atoms with Crippen LogP contribution in [0.1, 0.15) is 31.1 Å². The summed E-state index contributed by atoms with van der Waals surface area (Å²) in [5.74, 6) is 0. The Morgan fingerprint density at radius 2 is 2.37 bits per heavy atom. The Labute approximate surface area is 124 Å². The predicted octanol–water partition coefficient (Wildman–Crippen LogP) is 3.64. The molecule has 102 valence electrons. The second-order valence-electron chi connectivity index (χ2n) is 4.65. The molecule has 1 aliphatic heterocycles. The van der Waals surface area contributed by atoms with Crippen molar-refractivity contribution in [3.05, 3.63) is 27.3 Å². The summed E-state index contributed by atoms with van der Waals surface area (Å²) in [4.78, 5) is 0. The lowest BCUT2D eigenvalue weighted by Crippen LogP contribution is -2.18. The van der Waals surface area contributed by atoms with Crippen molar-refractivity contribution in [3.8, 4) is 0 Å². The number of hydrogen-bond donors (Lipinski definition) is 1. The van der Waals surface area contributed by atoms with Gasteiger partial charge < -0.3 is 9.84 Å². The Hall–Kier alpha value is -0.620. The molecule has 0 amide bonds. The Kier molecular flexibility index (Phi) is 3.80. The average Bonchev–Trinajstić information content (AvgIpc) is 2.84. The molecule has 19 heavy (non-hydrogen) atoms. The number of rotatable bonds is 2. The van der Waals surface area contributed by atoms with Crippen molar-refractivity contribution in [2.75, 3.05) is 6.61 Å². The van der Waals surface area contributed by atoms with E-state index in [-0.39, 0.29) is 12.8 Å². The van der Waals surface area contributed by atoms with Crippen LogP contribution in [0, 0.1) is 0 Å². The van der Waals surface area contributed by atoms with Gasteiger partial charge in [-0.2, -0.15) is 5.10 Å². The molecule has 2 heterocycles. The van der Waals surface area contributed by atoms with Crippen LogP contribution in [-0.4, -0.2) is 21.5 Å². The minimum absolute atomic E-state index is 0.0193. The third-order valence-corrected chi connectivity index (χ3v) is 4.72. The molecule has 1 unspecified atom stereocenters. The van der Waals surface area contributed by atoms with Gasteiger partial charge >= 0.3 is 0 Å². The molecule has 1 aromatic carbocycles. The number of halogens is 2. The van der Waals surface area contributed by atoms with Crippen LogP contribution in [0.4, 0.5) is 0 Å². The summed E-state index contributed by atoms with van der Waals surface area (Å²) >= 11 is 9.70. The molecule has 0 radical (unpaired) electrons. The average molecular weight is 346 g/mol. The molecule has 1 atom stereocenters. The first-order valence-corrected chi connectivity index (χ1v) is 7.46. The van der Waals surface area contributed by atoms with Crippen molar-refractivity contribution >= 4 is 38.4 Å². The van der Waals surface area contributed by atoms with E-state index in [1.165, 1.54) is 0 Å². The van der Waals surface area contributed by atoms with Crippen molar-refractivity contribution in [1.29, 1.82) is 0 Å². The van der Waals surface area contributed by atoms with Gasteiger partial charge in [0.25, 0.3) is 0 Å². The highest BCUT2D eigenvalue weighted by molar-refractivity contribution is 9.10. The van der Waals surface area contributed by atoms with Crippen LogP contribution in [0.3, 0.4) is 0 Å². The SMILES string of the molecule is OCc1c(Cl)cc2c(cnn2C2CCCCO2)c1Br. The highest BCUT2D eigenvalue weighted by Crippen LogP contribution is 2.35. The van der Waals surface area contributed by atoms with E-state index in [1.807, 2.05) is 10.7 Å². The minimum Gasteiger partial charge on any atom is -0.392 e. The molecule has 1 aliphatic rings. The number of aliphatic hydroxyl groups excluding tert-OH is 1. The second-order valence-corrected chi connectivity index (χ2v) is 5.85. The third kappa shape index (κ3) is 2.29. The monoisotopic (exact) mass is 344 g/mol. The topological polar surface area (TPSA) is 47.3 Å². The van der Waals surface area contributed by atoms with Crippen LogP contribution < -0.4 is 0 Å². The van der Waals surface area contributed by atoms with Crippen LogP contribution in [0.5, 0.6) is 0 Å². The Balaban J connectivity index is 2.12. The van der Waals surface area contributed by atoms with E-state index < -0.39 is 0 Å². The molecule has 6 heteroatoms. The number of hydrogen-bond acceptors (Lipinski definition) is 3. The molecule has 1 fully saturated rings. The van der Waals surface area contributed by atoms with Gasteiger partial charge in [0, 0.05) is 27.1 Å². The molecule has 2 aromatic rings. The number of aliphatic hydroxyl groups is 1. The molecular weight excluding hydrogens is 332 g/mol. The zero-order valence-electron chi connectivity index (χ0n) is 10.3. The minimum atomic E-state index is -0.0968. The van der Waals surface area contributed by atoms with Gasteiger partial charge in [-0.15, -0.1) is 0 Å². The molecule has 0 bridgehead atoms. The van der Waals surface area contributed by atoms with E-state index in [1.54, 1.807) is 6.20 Å². The Morgan fingerprint density at radius 1 is 1.53 bits per heavy atom. The van der Waals surface area contributed by atoms with E-state index in [2.05, 4.69) is 21.0 Å². The lowest BCUT2D eigenvalue weighted by atomic mass is 10.1. The maximum absolute atomic E-state index is 9.35. The molecule has 4 nitrogen and oxygen atoms in total. The fourth-order valence-corrected chi connectivity index (χ4v) is 3.47. The van der Waals surface area contributed by atoms with Crippen molar-refractivity contribution < 1.29 is 9.84 Å². The standard InChI is InChI=1S/C13H14BrClN2O2/c14-13-8-6-16-17(12-3-1-2-4-19-12)11(8)5-10(15)9(13)7-18/h5-6,12,18H,1-4,7H2. The van der Waals surface area contributed by atoms with E-state index in [4.69, 9.17) is 16.3 Å². The van der Waals surface area contributed by atoms with Crippen molar-refractivity contribution in [2.24, 2.45) is 0 Å². The number of aromatic nitrogens is 2. The summed E-state index contributed by atoms with van der Waals surface area (Å²) in [7, 11) is 0. The lowest BCUT2D eigenvalue weighted by Gasteiger charge is -2.23. The van der Waals surface area contributed by atoms with Gasteiger partial charge in [-0.3, -0.25) is 0 Å². The van der Waals surface area contributed by atoms with Gasteiger partial charge in [0.15, 0.2) is 6.23 Å². The summed E-state index contributed by atoms with van der Waals surface area (Å²) in [6.07, 6.45) is 4.99. The molecule has 0 saturated carbocycles. The third-order valence-electron chi connectivity index (χ3n) is 3.47. The van der Waals surface area contributed by atoms with E-state index >= 15 is 0 Å². The van der Waals surface area contributed by atoms with Crippen LogP contribution >= 0.6 is 27.5 Å². The van der Waals surface area contributed by atoms with E-state index in [9.17, 15) is 5.11 Å². The highest BCUT2D eigenvalue weighted by atomic mass is 79.9. The smallest absolute Gasteiger partial charge is 0.150 e. The lowest BCUT2D eigenvalue weighted by molar-refractivity contribution is -0.0366. The van der Waals surface area contributed by atoms with Crippen molar-refractivity contribution in [3.63, 3.8) is 0 Å². The zero-order chi connectivity index (χ0) is 13.4. The molecule has 1 saturated heterocycles. The van der Waals surface area contributed by atoms with Crippen LogP contribution in [-0.2, 0) is 11.3 Å². The van der Waals surface area contributed by atoms with Gasteiger partial charge in [0.1, 0.15) is 0 Å². The first-order valence-electron chi connectivity index (χ1n) is 6.29. The molecule has 0 aliphatic carbocycles. The summed E-state index contributed by atoms with van der Waals surface area (Å²) in [5.41, 5.74) is 1.62. The fraction of sp³-hybridized carbons (Fsp3) is 0.462.